The molecule has 1 N–H and O–H groups in total. The van der Waals surface area contributed by atoms with Crippen LogP contribution < -0.4 is 4.68 Å². The van der Waals surface area contributed by atoms with Crippen LogP contribution in [0, 0.1) is 0 Å². The molecule has 6 nitrogen and oxygen atoms in total. The highest BCUT2D eigenvalue weighted by Gasteiger charge is 2.32. The molecule has 0 bridgehead atoms. The number of nitrogens with one attached hydrogen (secondary N) is 1. The van der Waals surface area contributed by atoms with Gasteiger partial charge in [-0.25, -0.2) is 0 Å². The van der Waals surface area contributed by atoms with Crippen molar-refractivity contribution in [1.29, 1.82) is 0 Å². The number of hydrogen-bond acceptors (Lipinski definition) is 4. The number of ether oxygens (including phenoxy) is 2. The van der Waals surface area contributed by atoms with Crippen LogP contribution in [-0.2, 0) is 32.6 Å². The van der Waals surface area contributed by atoms with E-state index in [9.17, 15) is 4.79 Å². The maximum absolute atomic E-state index is 11.5. The van der Waals surface area contributed by atoms with Crippen LogP contribution in [0.5, 0.6) is 0 Å². The predicted octanol–water partition coefficient (Wildman–Crippen LogP) is 0.747. The number of rotatable bonds is 6. The van der Waals surface area contributed by atoms with Crippen molar-refractivity contribution in [3.05, 3.63) is 11.6 Å². The lowest BCUT2D eigenvalue weighted by atomic mass is 9.96. The van der Waals surface area contributed by atoms with Crippen LogP contribution >= 0.6 is 0 Å². The highest BCUT2D eigenvalue weighted by Crippen LogP contribution is 2.16. The van der Waals surface area contributed by atoms with Crippen LogP contribution in [0.4, 0.5) is 0 Å². The zero-order valence-corrected chi connectivity index (χ0v) is 12.4. The molecule has 0 unspecified atom stereocenters. The van der Waals surface area contributed by atoms with Crippen molar-refractivity contribution in [1.82, 2.24) is 10.1 Å². The number of esters is 1. The second kappa shape index (κ2) is 6.65. The molecular formula is C13H24N3O3+. The Labute approximate surface area is 114 Å². The molecule has 0 aliphatic carbocycles. The lowest BCUT2D eigenvalue weighted by Gasteiger charge is -2.10. The minimum atomic E-state index is -0.268. The fourth-order valence-corrected chi connectivity index (χ4v) is 1.77. The molecule has 1 aromatic heterocycles. The standard InChI is InChI=1S/C13H23N3O3/c1-6-19-11(17)9-10-14-12(13(2,3)4)16(15-10)7-8-18-5/h6-9H2,1-5H3/p+1. The Morgan fingerprint density at radius 2 is 2.11 bits per heavy atom. The molecule has 0 saturated heterocycles. The van der Waals surface area contributed by atoms with E-state index in [1.54, 1.807) is 14.0 Å². The number of nitrogens with zero attached hydrogens (tertiary/aromatic N) is 2. The highest BCUT2D eigenvalue weighted by atomic mass is 16.5. The minimum Gasteiger partial charge on any atom is -0.466 e. The average molecular weight is 270 g/mol. The maximum Gasteiger partial charge on any atom is 0.324 e. The number of hydrogen-bond donors (Lipinski definition) is 1. The van der Waals surface area contributed by atoms with Crippen LogP contribution in [0.3, 0.4) is 0 Å². The second-order valence-electron chi connectivity index (χ2n) is 5.37. The van der Waals surface area contributed by atoms with E-state index in [4.69, 9.17) is 9.47 Å². The first-order chi connectivity index (χ1) is 8.88. The molecule has 108 valence electrons. The molecule has 1 aromatic rings. The van der Waals surface area contributed by atoms with Crippen LogP contribution in [0.1, 0.15) is 39.3 Å². The lowest BCUT2D eigenvalue weighted by molar-refractivity contribution is -0.761. The van der Waals surface area contributed by atoms with Gasteiger partial charge in [0.25, 0.3) is 5.82 Å². The van der Waals surface area contributed by atoms with Gasteiger partial charge in [-0.15, -0.1) is 0 Å². The number of aromatic nitrogens is 3. The smallest absolute Gasteiger partial charge is 0.324 e. The van der Waals surface area contributed by atoms with Crippen molar-refractivity contribution in [3.63, 3.8) is 0 Å². The van der Waals surface area contributed by atoms with Gasteiger partial charge in [0.05, 0.1) is 18.6 Å². The normalized spacial score (nSPS) is 11.6. The van der Waals surface area contributed by atoms with Gasteiger partial charge in [-0.1, -0.05) is 0 Å². The van der Waals surface area contributed by atoms with Crippen LogP contribution in [0.15, 0.2) is 0 Å². The van der Waals surface area contributed by atoms with Gasteiger partial charge < -0.3 is 9.47 Å². The van der Waals surface area contributed by atoms with E-state index in [-0.39, 0.29) is 17.8 Å². The average Bonchev–Trinajstić information content (AvgIpc) is 2.69. The fraction of sp³-hybridized carbons (Fsp3) is 0.769. The van der Waals surface area contributed by atoms with Gasteiger partial charge in [-0.05, 0) is 32.7 Å². The van der Waals surface area contributed by atoms with E-state index < -0.39 is 0 Å². The van der Waals surface area contributed by atoms with Crippen molar-refractivity contribution in [2.45, 2.75) is 46.1 Å². The number of carbonyl (C=O) groups excluding carboxylic acids is 1. The van der Waals surface area contributed by atoms with Crippen molar-refractivity contribution in [2.75, 3.05) is 20.3 Å². The van der Waals surface area contributed by atoms with Crippen LogP contribution in [0.25, 0.3) is 0 Å². The Balaban J connectivity index is 2.90. The Hall–Kier alpha value is -1.43. The zero-order chi connectivity index (χ0) is 14.5. The molecular weight excluding hydrogens is 246 g/mol. The van der Waals surface area contributed by atoms with Crippen LogP contribution in [0.2, 0.25) is 0 Å². The monoisotopic (exact) mass is 270 g/mol. The van der Waals surface area contributed by atoms with E-state index in [1.165, 1.54) is 0 Å². The SMILES string of the molecule is CCOC(=O)Cc1nc(C(C)(C)C)[n+](CCOC)[nH]1. The maximum atomic E-state index is 11.5. The summed E-state index contributed by atoms with van der Waals surface area (Å²) in [5.41, 5.74) is -0.100. The number of methoxy groups -OCH3 is 1. The molecule has 1 heterocycles. The number of H-pyrrole nitrogens is 1. The fourth-order valence-electron chi connectivity index (χ4n) is 1.77. The van der Waals surface area contributed by atoms with Gasteiger partial charge >= 0.3 is 11.8 Å². The molecule has 19 heavy (non-hydrogen) atoms. The largest absolute Gasteiger partial charge is 0.466 e. The number of carbonyl (C=O) groups is 1. The molecule has 0 amide bonds. The van der Waals surface area contributed by atoms with Gasteiger partial charge in [0.1, 0.15) is 13.0 Å². The summed E-state index contributed by atoms with van der Waals surface area (Å²) in [6, 6.07) is 0. The molecule has 0 atom stereocenters. The Kier molecular flexibility index (Phi) is 5.47. The van der Waals surface area contributed by atoms with E-state index >= 15 is 0 Å². The number of aromatic amines is 1. The summed E-state index contributed by atoms with van der Waals surface area (Å²) in [5.74, 6) is 1.26. The van der Waals surface area contributed by atoms with Crippen molar-refractivity contribution in [3.8, 4) is 0 Å². The Bertz CT molecular complexity index is 421. The third kappa shape index (κ3) is 4.63. The summed E-state index contributed by atoms with van der Waals surface area (Å²) in [7, 11) is 1.66. The first kappa shape index (κ1) is 15.6. The third-order valence-electron chi connectivity index (χ3n) is 2.57. The summed E-state index contributed by atoms with van der Waals surface area (Å²) in [5, 5.41) is 3.14. The minimum absolute atomic E-state index is 0.100. The van der Waals surface area contributed by atoms with Gasteiger partial charge in [0.2, 0.25) is 0 Å². The highest BCUT2D eigenvalue weighted by molar-refractivity contribution is 5.71. The quantitative estimate of drug-likeness (QED) is 0.612. The Morgan fingerprint density at radius 3 is 2.63 bits per heavy atom. The van der Waals surface area contributed by atoms with Gasteiger partial charge in [-0.2, -0.15) is 9.78 Å². The second-order valence-corrected chi connectivity index (χ2v) is 5.37. The Morgan fingerprint density at radius 1 is 1.42 bits per heavy atom. The predicted molar refractivity (Wildman–Crippen MR) is 69.7 cm³/mol. The van der Waals surface area contributed by atoms with E-state index in [0.717, 1.165) is 5.82 Å². The molecule has 6 heteroatoms. The summed E-state index contributed by atoms with van der Waals surface area (Å²) >= 11 is 0. The molecule has 0 aliphatic rings. The molecule has 0 spiro atoms. The summed E-state index contributed by atoms with van der Waals surface area (Å²) in [6.45, 7) is 9.70. The van der Waals surface area contributed by atoms with Gasteiger partial charge in [0.15, 0.2) is 0 Å². The van der Waals surface area contributed by atoms with E-state index in [1.807, 2.05) is 4.68 Å². The summed E-state index contributed by atoms with van der Waals surface area (Å²) < 4.78 is 11.9. The topological polar surface area (TPSA) is 68.1 Å². The van der Waals surface area contributed by atoms with E-state index in [0.29, 0.717) is 25.6 Å². The van der Waals surface area contributed by atoms with E-state index in [2.05, 4.69) is 30.9 Å². The van der Waals surface area contributed by atoms with Gasteiger partial charge in [-0.3, -0.25) is 4.79 Å². The summed E-state index contributed by atoms with van der Waals surface area (Å²) in [4.78, 5) is 16.0. The molecule has 0 radical (unpaired) electrons. The van der Waals surface area contributed by atoms with Crippen molar-refractivity contribution in [2.24, 2.45) is 0 Å². The molecule has 0 fully saturated rings. The first-order valence-electron chi connectivity index (χ1n) is 6.52. The summed E-state index contributed by atoms with van der Waals surface area (Å²) in [6.07, 6.45) is 0.164. The van der Waals surface area contributed by atoms with Crippen molar-refractivity contribution < 1.29 is 19.0 Å². The lowest BCUT2D eigenvalue weighted by Crippen LogP contribution is -2.45. The van der Waals surface area contributed by atoms with Crippen molar-refractivity contribution >= 4 is 5.97 Å². The zero-order valence-electron chi connectivity index (χ0n) is 12.4. The first-order valence-corrected chi connectivity index (χ1v) is 6.52. The third-order valence-corrected chi connectivity index (χ3v) is 2.57. The van der Waals surface area contributed by atoms with Crippen LogP contribution in [-0.4, -0.2) is 36.4 Å². The molecule has 0 saturated carbocycles. The molecule has 0 aromatic carbocycles. The van der Waals surface area contributed by atoms with Gasteiger partial charge in [0, 0.05) is 7.11 Å². The molecule has 1 rings (SSSR count). The molecule has 0 aliphatic heterocycles.